The maximum Gasteiger partial charge on any atom is 0.133 e. The average molecular weight is 413 g/mol. The van der Waals surface area contributed by atoms with Crippen LogP contribution in [-0.4, -0.2) is 16.5 Å². The summed E-state index contributed by atoms with van der Waals surface area (Å²) in [5.41, 5.74) is -0.149. The Bertz CT molecular complexity index is 716. The first kappa shape index (κ1) is 22.4. The van der Waals surface area contributed by atoms with E-state index in [0.717, 1.165) is 56.3 Å². The summed E-state index contributed by atoms with van der Waals surface area (Å²) in [7, 11) is 0. The van der Waals surface area contributed by atoms with E-state index in [4.69, 9.17) is 0 Å². The van der Waals surface area contributed by atoms with Gasteiger partial charge in [-0.15, -0.1) is 5.92 Å². The van der Waals surface area contributed by atoms with E-state index in [0.29, 0.717) is 23.0 Å². The fourth-order valence-corrected chi connectivity index (χ4v) is 8.72. The zero-order chi connectivity index (χ0) is 21.6. The molecule has 30 heavy (non-hydrogen) atoms. The SMILES string of the molecule is CCCCCC#CC1(O)CC[C@@]2(C)C(CC[C@H]3[C@@H]4CC[C@H](C(C)=O)[C@@]4(C)CC[C@@H]32)C1. The highest BCUT2D eigenvalue weighted by molar-refractivity contribution is 5.79. The fraction of sp³-hybridized carbons (Fsp3) is 0.893. The van der Waals surface area contributed by atoms with Crippen molar-refractivity contribution in [3.63, 3.8) is 0 Å². The molecule has 2 heteroatoms. The van der Waals surface area contributed by atoms with E-state index in [1.807, 2.05) is 6.92 Å². The molecule has 0 aliphatic heterocycles. The van der Waals surface area contributed by atoms with Crippen molar-refractivity contribution in [1.29, 1.82) is 0 Å². The monoisotopic (exact) mass is 412 g/mol. The molecule has 4 aliphatic carbocycles. The van der Waals surface area contributed by atoms with E-state index in [1.54, 1.807) is 0 Å². The number of unbranched alkanes of at least 4 members (excludes halogenated alkanes) is 3. The van der Waals surface area contributed by atoms with E-state index < -0.39 is 5.60 Å². The molecule has 168 valence electrons. The lowest BCUT2D eigenvalue weighted by Crippen LogP contribution is -2.56. The predicted molar refractivity (Wildman–Crippen MR) is 123 cm³/mol. The molecule has 0 aromatic carbocycles. The highest BCUT2D eigenvalue weighted by atomic mass is 16.3. The Labute approximate surface area is 185 Å². The highest BCUT2D eigenvalue weighted by Gasteiger charge is 2.61. The zero-order valence-corrected chi connectivity index (χ0v) is 19.9. The Balaban J connectivity index is 1.47. The van der Waals surface area contributed by atoms with Crippen LogP contribution in [0.25, 0.3) is 0 Å². The molecule has 4 aliphatic rings. The third-order valence-electron chi connectivity index (χ3n) is 10.4. The minimum atomic E-state index is -0.751. The number of rotatable bonds is 4. The molecule has 0 aromatic rings. The van der Waals surface area contributed by atoms with Crippen molar-refractivity contribution in [3.8, 4) is 11.8 Å². The summed E-state index contributed by atoms with van der Waals surface area (Å²) in [6, 6.07) is 0. The van der Waals surface area contributed by atoms with Gasteiger partial charge >= 0.3 is 0 Å². The van der Waals surface area contributed by atoms with Crippen molar-refractivity contribution in [2.24, 2.45) is 40.4 Å². The minimum absolute atomic E-state index is 0.246. The maximum atomic E-state index is 12.3. The van der Waals surface area contributed by atoms with Crippen LogP contribution in [-0.2, 0) is 4.79 Å². The van der Waals surface area contributed by atoms with Gasteiger partial charge < -0.3 is 5.11 Å². The summed E-state index contributed by atoms with van der Waals surface area (Å²) in [6.45, 7) is 9.03. The standard InChI is InChI=1S/C28H44O2/c1-5-6-7-8-9-15-28(30)18-17-26(3)21(19-28)10-11-22-24-13-12-23(20(2)29)27(24,4)16-14-25(22)26/h21-25,30H,5-8,10-14,16-19H2,1-4H3/t21?,22-,23+,24-,25-,26-,27+,28?/m0/s1. The number of carbonyl (C=O) groups is 1. The molecule has 0 amide bonds. The maximum absolute atomic E-state index is 12.3. The summed E-state index contributed by atoms with van der Waals surface area (Å²) < 4.78 is 0. The van der Waals surface area contributed by atoms with Crippen molar-refractivity contribution in [2.45, 2.75) is 117 Å². The van der Waals surface area contributed by atoms with Gasteiger partial charge in [-0.05, 0) is 106 Å². The Kier molecular flexibility index (Phi) is 6.17. The fourth-order valence-electron chi connectivity index (χ4n) is 8.72. The number of hydrogen-bond donors (Lipinski definition) is 1. The smallest absolute Gasteiger partial charge is 0.133 e. The summed E-state index contributed by atoms with van der Waals surface area (Å²) in [6.07, 6.45) is 14.8. The lowest BCUT2D eigenvalue weighted by molar-refractivity contribution is -0.144. The van der Waals surface area contributed by atoms with Gasteiger partial charge in [0.2, 0.25) is 0 Å². The van der Waals surface area contributed by atoms with Crippen molar-refractivity contribution in [2.75, 3.05) is 0 Å². The van der Waals surface area contributed by atoms with Crippen molar-refractivity contribution in [1.82, 2.24) is 0 Å². The number of Topliss-reactive ketones (excluding diaryl/α,β-unsaturated/α-hetero) is 1. The lowest BCUT2D eigenvalue weighted by Gasteiger charge is -2.61. The Morgan fingerprint density at radius 2 is 1.73 bits per heavy atom. The van der Waals surface area contributed by atoms with Gasteiger partial charge in [-0.2, -0.15) is 0 Å². The van der Waals surface area contributed by atoms with Crippen LogP contribution in [0.4, 0.5) is 0 Å². The van der Waals surface area contributed by atoms with Gasteiger partial charge in [0.1, 0.15) is 11.4 Å². The quantitative estimate of drug-likeness (QED) is 0.420. The first-order valence-electron chi connectivity index (χ1n) is 13.0. The van der Waals surface area contributed by atoms with Crippen LogP contribution in [0.1, 0.15) is 111 Å². The molecule has 0 radical (unpaired) electrons. The topological polar surface area (TPSA) is 37.3 Å². The number of aliphatic hydroxyl groups is 1. The van der Waals surface area contributed by atoms with Crippen LogP contribution in [0.2, 0.25) is 0 Å². The molecule has 1 N–H and O–H groups in total. The largest absolute Gasteiger partial charge is 0.378 e. The molecule has 0 heterocycles. The normalized spacial score (nSPS) is 47.4. The second kappa shape index (κ2) is 8.27. The first-order chi connectivity index (χ1) is 14.2. The number of hydrogen-bond acceptors (Lipinski definition) is 2. The van der Waals surface area contributed by atoms with Crippen LogP contribution in [0.15, 0.2) is 0 Å². The van der Waals surface area contributed by atoms with Gasteiger partial charge in [0, 0.05) is 12.3 Å². The van der Waals surface area contributed by atoms with Crippen LogP contribution >= 0.6 is 0 Å². The Hall–Kier alpha value is -0.810. The van der Waals surface area contributed by atoms with Crippen LogP contribution < -0.4 is 0 Å². The summed E-state index contributed by atoms with van der Waals surface area (Å²) in [4.78, 5) is 12.3. The van der Waals surface area contributed by atoms with Gasteiger partial charge in [-0.25, -0.2) is 0 Å². The highest BCUT2D eigenvalue weighted by Crippen LogP contribution is 2.68. The molecule has 2 nitrogen and oxygen atoms in total. The third-order valence-corrected chi connectivity index (χ3v) is 10.4. The first-order valence-corrected chi connectivity index (χ1v) is 13.0. The third kappa shape index (κ3) is 3.68. The molecular weight excluding hydrogens is 368 g/mol. The number of fused-ring (bicyclic) bond motifs is 5. The van der Waals surface area contributed by atoms with Crippen molar-refractivity contribution in [3.05, 3.63) is 0 Å². The van der Waals surface area contributed by atoms with E-state index in [9.17, 15) is 9.90 Å². The molecule has 0 spiro atoms. The van der Waals surface area contributed by atoms with Crippen LogP contribution in [0.3, 0.4) is 0 Å². The molecule has 4 saturated carbocycles. The molecule has 4 rings (SSSR count). The second-order valence-electron chi connectivity index (χ2n) is 11.9. The van der Waals surface area contributed by atoms with E-state index in [1.165, 1.54) is 44.9 Å². The number of carbonyl (C=O) groups excluding carboxylic acids is 1. The Morgan fingerprint density at radius 1 is 0.967 bits per heavy atom. The molecular formula is C28H44O2. The zero-order valence-electron chi connectivity index (χ0n) is 19.9. The number of ketones is 1. The second-order valence-corrected chi connectivity index (χ2v) is 11.9. The van der Waals surface area contributed by atoms with Gasteiger partial charge in [-0.1, -0.05) is 39.5 Å². The molecule has 0 bridgehead atoms. The molecule has 2 unspecified atom stereocenters. The van der Waals surface area contributed by atoms with E-state index >= 15 is 0 Å². The molecule has 4 fully saturated rings. The molecule has 0 aromatic heterocycles. The summed E-state index contributed by atoms with van der Waals surface area (Å²) >= 11 is 0. The molecule has 8 atom stereocenters. The van der Waals surface area contributed by atoms with Crippen LogP contribution in [0.5, 0.6) is 0 Å². The van der Waals surface area contributed by atoms with E-state index in [-0.39, 0.29) is 5.41 Å². The summed E-state index contributed by atoms with van der Waals surface area (Å²) in [5.74, 6) is 10.3. The van der Waals surface area contributed by atoms with Gasteiger partial charge in [0.25, 0.3) is 0 Å². The Morgan fingerprint density at radius 3 is 2.47 bits per heavy atom. The van der Waals surface area contributed by atoms with Crippen molar-refractivity contribution < 1.29 is 9.90 Å². The predicted octanol–water partition coefficient (Wildman–Crippen LogP) is 6.55. The average Bonchev–Trinajstić information content (AvgIpc) is 3.06. The lowest BCUT2D eigenvalue weighted by atomic mass is 9.44. The van der Waals surface area contributed by atoms with Gasteiger partial charge in [-0.3, -0.25) is 4.79 Å². The minimum Gasteiger partial charge on any atom is -0.378 e. The van der Waals surface area contributed by atoms with Crippen molar-refractivity contribution >= 4 is 5.78 Å². The molecule has 0 saturated heterocycles. The summed E-state index contributed by atoms with van der Waals surface area (Å²) in [5, 5.41) is 11.3. The van der Waals surface area contributed by atoms with Crippen LogP contribution in [0, 0.1) is 52.3 Å². The van der Waals surface area contributed by atoms with Gasteiger partial charge in [0.15, 0.2) is 0 Å². The van der Waals surface area contributed by atoms with E-state index in [2.05, 4.69) is 32.6 Å². The van der Waals surface area contributed by atoms with Gasteiger partial charge in [0.05, 0.1) is 0 Å².